The van der Waals surface area contributed by atoms with Crippen LogP contribution in [0.25, 0.3) is 60.6 Å². The van der Waals surface area contributed by atoms with E-state index >= 15 is 0 Å². The first kappa shape index (κ1) is 26.3. The average molecular weight is 591 g/mol. The van der Waals surface area contributed by atoms with Crippen LogP contribution in [0.1, 0.15) is 12.5 Å². The van der Waals surface area contributed by atoms with Crippen LogP contribution in [0.15, 0.2) is 158 Å². The van der Waals surface area contributed by atoms with Crippen LogP contribution in [0.2, 0.25) is 0 Å². The Labute approximate surface area is 267 Å². The zero-order chi connectivity index (χ0) is 30.8. The van der Waals surface area contributed by atoms with Gasteiger partial charge in [0.15, 0.2) is 0 Å². The van der Waals surface area contributed by atoms with E-state index in [1.54, 1.807) is 0 Å². The third kappa shape index (κ3) is 3.77. The Kier molecular flexibility index (Phi) is 5.84. The van der Waals surface area contributed by atoms with Crippen molar-refractivity contribution in [3.8, 4) is 5.69 Å². The summed E-state index contributed by atoms with van der Waals surface area (Å²) >= 11 is 0. The van der Waals surface area contributed by atoms with E-state index in [0.717, 1.165) is 61.8 Å². The van der Waals surface area contributed by atoms with Crippen molar-refractivity contribution in [2.24, 2.45) is 0 Å². The first-order valence-electron chi connectivity index (χ1n) is 15.6. The van der Waals surface area contributed by atoms with Crippen molar-refractivity contribution in [3.63, 3.8) is 0 Å². The highest BCUT2D eigenvalue weighted by Gasteiger charge is 2.29. The van der Waals surface area contributed by atoms with E-state index in [-0.39, 0.29) is 0 Å². The van der Waals surface area contributed by atoms with E-state index in [2.05, 4.69) is 167 Å². The third-order valence-electron chi connectivity index (χ3n) is 9.22. The first-order valence-corrected chi connectivity index (χ1v) is 15.6. The number of benzene rings is 6. The number of para-hydroxylation sites is 3. The van der Waals surface area contributed by atoms with Gasteiger partial charge >= 0.3 is 0 Å². The number of aromatic nitrogens is 3. The fourth-order valence-electron chi connectivity index (χ4n) is 7.18. The Morgan fingerprint density at radius 1 is 0.609 bits per heavy atom. The van der Waals surface area contributed by atoms with E-state index in [0.29, 0.717) is 0 Å². The molecule has 9 rings (SSSR count). The molecule has 46 heavy (non-hydrogen) atoms. The molecule has 0 spiro atoms. The lowest BCUT2D eigenvalue weighted by molar-refractivity contribution is 1.06. The van der Waals surface area contributed by atoms with E-state index < -0.39 is 0 Å². The maximum Gasteiger partial charge on any atom is 0.220 e. The number of allylic oxidation sites excluding steroid dienone is 5. The summed E-state index contributed by atoms with van der Waals surface area (Å²) in [4.78, 5) is 7.80. The van der Waals surface area contributed by atoms with Gasteiger partial charge in [0.2, 0.25) is 5.95 Å². The molecule has 4 heteroatoms. The minimum atomic E-state index is 0.861. The van der Waals surface area contributed by atoms with Gasteiger partial charge in [0, 0.05) is 38.7 Å². The van der Waals surface area contributed by atoms with Crippen LogP contribution in [0.5, 0.6) is 0 Å². The summed E-state index contributed by atoms with van der Waals surface area (Å²) in [5, 5.41) is 4.77. The Morgan fingerprint density at radius 3 is 2.22 bits per heavy atom. The molecule has 2 aromatic heterocycles. The second-order valence-corrected chi connectivity index (χ2v) is 11.7. The second kappa shape index (κ2) is 10.2. The van der Waals surface area contributed by atoms with E-state index in [1.165, 1.54) is 21.7 Å². The van der Waals surface area contributed by atoms with Crippen LogP contribution in [-0.2, 0) is 0 Å². The predicted molar refractivity (Wildman–Crippen MR) is 194 cm³/mol. The first-order chi connectivity index (χ1) is 22.7. The van der Waals surface area contributed by atoms with Gasteiger partial charge in [-0.2, -0.15) is 0 Å². The minimum absolute atomic E-state index is 0.861. The standard InChI is InChI=1S/C42H30N4/c1-3-4-17-32-28(2)44-39-26-23-29-14-8-9-18-33(29)41(39)43-42(44)46(38-22-13-10-19-34(32)38)31-24-25-36-35-20-11-12-21-37(35)45(40(36)27-31)30-15-6-5-7-16-30/h3-27H,1H2,2H3/b17-4-. The Balaban J connectivity index is 1.40. The maximum atomic E-state index is 5.47. The van der Waals surface area contributed by atoms with Gasteiger partial charge in [-0.1, -0.05) is 116 Å². The summed E-state index contributed by atoms with van der Waals surface area (Å²) in [5.41, 5.74) is 11.0. The summed E-state index contributed by atoms with van der Waals surface area (Å²) in [6.45, 7) is 6.16. The van der Waals surface area contributed by atoms with Crippen LogP contribution in [0.4, 0.5) is 17.3 Å². The van der Waals surface area contributed by atoms with Crippen LogP contribution < -0.4 is 4.90 Å². The molecule has 1 aliphatic heterocycles. The third-order valence-corrected chi connectivity index (χ3v) is 9.22. The summed E-state index contributed by atoms with van der Waals surface area (Å²) in [6, 6.07) is 47.7. The fraction of sp³-hybridized carbons (Fsp3) is 0.0238. The van der Waals surface area contributed by atoms with Gasteiger partial charge in [-0.05, 0) is 54.8 Å². The van der Waals surface area contributed by atoms with Gasteiger partial charge in [0.1, 0.15) is 0 Å². The molecule has 0 N–H and O–H groups in total. The van der Waals surface area contributed by atoms with Crippen molar-refractivity contribution in [3.05, 3.63) is 164 Å². The number of hydrogen-bond donors (Lipinski definition) is 0. The topological polar surface area (TPSA) is 26.0 Å². The molecule has 0 bridgehead atoms. The van der Waals surface area contributed by atoms with Gasteiger partial charge in [-0.25, -0.2) is 4.98 Å². The van der Waals surface area contributed by atoms with Crippen LogP contribution in [-0.4, -0.2) is 14.1 Å². The van der Waals surface area contributed by atoms with Gasteiger partial charge in [0.05, 0.1) is 33.4 Å². The number of nitrogens with zero attached hydrogens (tertiary/aromatic N) is 4. The second-order valence-electron chi connectivity index (χ2n) is 11.7. The SMILES string of the molecule is C=C/C=C\C1=C(C)n2c(nc3c4ccccc4ccc32)N(c2ccc3c4ccccc4n(-c4ccccc4)c3c2)c2ccccc21. The number of anilines is 3. The van der Waals surface area contributed by atoms with Crippen molar-refractivity contribution >= 4 is 72.2 Å². The lowest BCUT2D eigenvalue weighted by atomic mass is 10.0. The van der Waals surface area contributed by atoms with Gasteiger partial charge < -0.3 is 4.57 Å². The molecule has 218 valence electrons. The van der Waals surface area contributed by atoms with Crippen molar-refractivity contribution in [1.82, 2.24) is 14.1 Å². The van der Waals surface area contributed by atoms with Crippen molar-refractivity contribution in [2.75, 3.05) is 4.90 Å². The molecule has 3 heterocycles. The van der Waals surface area contributed by atoms with Gasteiger partial charge in [-0.3, -0.25) is 9.47 Å². The van der Waals surface area contributed by atoms with Crippen molar-refractivity contribution in [1.29, 1.82) is 0 Å². The highest BCUT2D eigenvalue weighted by atomic mass is 15.3. The molecular weight excluding hydrogens is 560 g/mol. The maximum absolute atomic E-state index is 5.47. The zero-order valence-corrected chi connectivity index (χ0v) is 25.4. The molecule has 0 saturated carbocycles. The fourth-order valence-corrected chi connectivity index (χ4v) is 7.18. The van der Waals surface area contributed by atoms with Crippen molar-refractivity contribution < 1.29 is 0 Å². The monoisotopic (exact) mass is 590 g/mol. The summed E-state index contributed by atoms with van der Waals surface area (Å²) in [5.74, 6) is 0.861. The molecule has 4 nitrogen and oxygen atoms in total. The Hall–Kier alpha value is -6.13. The molecular formula is C42H30N4. The zero-order valence-electron chi connectivity index (χ0n) is 25.4. The number of imidazole rings is 1. The molecule has 0 fully saturated rings. The molecule has 0 aliphatic carbocycles. The number of fused-ring (bicyclic) bond motifs is 9. The molecule has 0 unspecified atom stereocenters. The predicted octanol–water partition coefficient (Wildman–Crippen LogP) is 11.2. The lowest BCUT2D eigenvalue weighted by Gasteiger charge is -2.25. The normalized spacial score (nSPS) is 13.2. The quantitative estimate of drug-likeness (QED) is 0.191. The van der Waals surface area contributed by atoms with Gasteiger partial charge in [-0.15, -0.1) is 0 Å². The van der Waals surface area contributed by atoms with E-state index in [4.69, 9.17) is 4.98 Å². The molecule has 0 amide bonds. The lowest BCUT2D eigenvalue weighted by Crippen LogP contribution is -2.14. The Morgan fingerprint density at radius 2 is 1.35 bits per heavy atom. The highest BCUT2D eigenvalue weighted by molar-refractivity contribution is 6.12. The Bertz CT molecular complexity index is 2560. The van der Waals surface area contributed by atoms with E-state index in [9.17, 15) is 0 Å². The molecule has 0 radical (unpaired) electrons. The molecule has 8 aromatic rings. The summed E-state index contributed by atoms with van der Waals surface area (Å²) in [7, 11) is 0. The van der Waals surface area contributed by atoms with Crippen LogP contribution in [0.3, 0.4) is 0 Å². The smallest absolute Gasteiger partial charge is 0.220 e. The van der Waals surface area contributed by atoms with Crippen LogP contribution >= 0.6 is 0 Å². The largest absolute Gasteiger partial charge is 0.309 e. The molecule has 1 aliphatic rings. The summed E-state index contributed by atoms with van der Waals surface area (Å²) < 4.78 is 4.69. The minimum Gasteiger partial charge on any atom is -0.309 e. The number of rotatable bonds is 4. The molecule has 6 aromatic carbocycles. The summed E-state index contributed by atoms with van der Waals surface area (Å²) in [6.07, 6.45) is 6.02. The molecule has 0 saturated heterocycles. The molecule has 0 atom stereocenters. The van der Waals surface area contributed by atoms with E-state index in [1.807, 2.05) is 12.2 Å². The van der Waals surface area contributed by atoms with Crippen LogP contribution in [0, 0.1) is 0 Å². The van der Waals surface area contributed by atoms with Gasteiger partial charge in [0.25, 0.3) is 0 Å². The number of hydrogen-bond acceptors (Lipinski definition) is 2. The average Bonchev–Trinajstić information content (AvgIpc) is 3.62. The highest BCUT2D eigenvalue weighted by Crippen LogP contribution is 2.47. The van der Waals surface area contributed by atoms with Crippen molar-refractivity contribution in [2.45, 2.75) is 6.92 Å².